The van der Waals surface area contributed by atoms with Gasteiger partial charge in [-0.2, -0.15) is 0 Å². The molecule has 0 bridgehead atoms. The number of hydrogen-bond acceptors (Lipinski definition) is 3. The number of H-pyrrole nitrogens is 1. The topological polar surface area (TPSA) is 46.5 Å². The maximum absolute atomic E-state index is 4.63. The Morgan fingerprint density at radius 3 is 1.96 bits per heavy atom. The summed E-state index contributed by atoms with van der Waals surface area (Å²) in [6.07, 6.45) is 10.0. The first-order chi connectivity index (χ1) is 13.4. The van der Waals surface area contributed by atoms with Crippen LogP contribution < -0.4 is 0 Å². The van der Waals surface area contributed by atoms with E-state index in [0.717, 1.165) is 16.1 Å². The lowest BCUT2D eigenvalue weighted by Gasteiger charge is -2.06. The number of nitrogens with one attached hydrogen (secondary N) is 1. The summed E-state index contributed by atoms with van der Waals surface area (Å²) in [6.45, 7) is 0. The van der Waals surface area contributed by atoms with E-state index in [1.165, 1.54) is 44.3 Å². The molecule has 3 aromatic carbocycles. The number of aromatic nitrogens is 4. The van der Waals surface area contributed by atoms with Crippen molar-refractivity contribution in [3.63, 3.8) is 0 Å². The van der Waals surface area contributed by atoms with E-state index in [2.05, 4.69) is 79.8 Å². The van der Waals surface area contributed by atoms with Crippen LogP contribution >= 0.6 is 11.9 Å². The molecule has 27 heavy (non-hydrogen) atoms. The lowest BCUT2D eigenvalue weighted by molar-refractivity contribution is 0.997. The van der Waals surface area contributed by atoms with E-state index in [4.69, 9.17) is 0 Å². The van der Waals surface area contributed by atoms with Gasteiger partial charge in [0.05, 0.1) is 5.52 Å². The second-order valence-electron chi connectivity index (χ2n) is 6.58. The van der Waals surface area contributed by atoms with Gasteiger partial charge in [0.25, 0.3) is 0 Å². The second-order valence-corrected chi connectivity index (χ2v) is 7.55. The lowest BCUT2D eigenvalue weighted by Crippen LogP contribution is -1.89. The van der Waals surface area contributed by atoms with Crippen LogP contribution in [0.25, 0.3) is 43.2 Å². The zero-order valence-corrected chi connectivity index (χ0v) is 15.1. The molecule has 0 unspecified atom stereocenters. The van der Waals surface area contributed by atoms with Crippen LogP contribution in [0.15, 0.2) is 84.7 Å². The Labute approximate surface area is 159 Å². The SMILES string of the molecule is c1ccc2c(c1)c1ccccc1c1cn(Sc3ncc4c[nH]cc4n3)cc21. The molecule has 6 aromatic rings. The van der Waals surface area contributed by atoms with Crippen molar-refractivity contribution in [3.05, 3.63) is 79.5 Å². The van der Waals surface area contributed by atoms with Gasteiger partial charge < -0.3 is 4.98 Å². The minimum absolute atomic E-state index is 0.732. The molecule has 0 aliphatic rings. The molecule has 0 spiro atoms. The molecule has 128 valence electrons. The molecule has 0 aliphatic heterocycles. The molecule has 0 saturated carbocycles. The molecule has 0 atom stereocenters. The fourth-order valence-corrected chi connectivity index (χ4v) is 4.53. The van der Waals surface area contributed by atoms with Gasteiger partial charge >= 0.3 is 0 Å². The molecule has 0 radical (unpaired) electrons. The quantitative estimate of drug-likeness (QED) is 0.312. The molecule has 3 aromatic heterocycles. The van der Waals surface area contributed by atoms with Gasteiger partial charge in [0.1, 0.15) is 0 Å². The smallest absolute Gasteiger partial charge is 0.209 e. The first kappa shape index (κ1) is 14.8. The van der Waals surface area contributed by atoms with Crippen LogP contribution in [0.4, 0.5) is 0 Å². The van der Waals surface area contributed by atoms with E-state index < -0.39 is 0 Å². The third-order valence-corrected chi connectivity index (χ3v) is 5.78. The summed E-state index contributed by atoms with van der Waals surface area (Å²) >= 11 is 1.53. The van der Waals surface area contributed by atoms with Crippen molar-refractivity contribution in [1.29, 1.82) is 0 Å². The van der Waals surface area contributed by atoms with Crippen molar-refractivity contribution < 1.29 is 0 Å². The van der Waals surface area contributed by atoms with Crippen LogP contribution in [0.5, 0.6) is 0 Å². The first-order valence-electron chi connectivity index (χ1n) is 8.76. The number of aromatic amines is 1. The van der Waals surface area contributed by atoms with Gasteiger partial charge in [-0.15, -0.1) is 0 Å². The van der Waals surface area contributed by atoms with Crippen molar-refractivity contribution in [2.75, 3.05) is 0 Å². The van der Waals surface area contributed by atoms with Crippen molar-refractivity contribution in [2.45, 2.75) is 5.16 Å². The molecule has 0 saturated heterocycles. The average Bonchev–Trinajstić information content (AvgIpc) is 3.35. The average molecular weight is 366 g/mol. The number of benzene rings is 3. The highest BCUT2D eigenvalue weighted by molar-refractivity contribution is 7.97. The Bertz CT molecular complexity index is 1390. The molecular weight excluding hydrogens is 352 g/mol. The molecular formula is C22H14N4S. The van der Waals surface area contributed by atoms with Crippen molar-refractivity contribution in [3.8, 4) is 0 Å². The van der Waals surface area contributed by atoms with E-state index >= 15 is 0 Å². The summed E-state index contributed by atoms with van der Waals surface area (Å²) in [7, 11) is 0. The highest BCUT2D eigenvalue weighted by atomic mass is 32.2. The van der Waals surface area contributed by atoms with Gasteiger partial charge in [0.15, 0.2) is 0 Å². The maximum atomic E-state index is 4.63. The predicted octanol–water partition coefficient (Wildman–Crippen LogP) is 5.77. The maximum Gasteiger partial charge on any atom is 0.209 e. The van der Waals surface area contributed by atoms with Gasteiger partial charge in [-0.3, -0.25) is 3.97 Å². The molecule has 3 heterocycles. The summed E-state index contributed by atoms with van der Waals surface area (Å²) in [5, 5.41) is 9.37. The fourth-order valence-electron chi connectivity index (χ4n) is 3.78. The number of nitrogens with zero attached hydrogens (tertiary/aromatic N) is 3. The minimum atomic E-state index is 0.732. The minimum Gasteiger partial charge on any atom is -0.365 e. The monoisotopic (exact) mass is 366 g/mol. The Balaban J connectivity index is 1.58. The van der Waals surface area contributed by atoms with E-state index in [1.54, 1.807) is 0 Å². The van der Waals surface area contributed by atoms with Crippen molar-refractivity contribution in [2.24, 2.45) is 0 Å². The standard InChI is InChI=1S/C22H14N4S/c1-3-7-17-15(5-1)16-6-2-4-8-18(16)20-13-26(12-19(17)20)27-22-24-10-14-9-23-11-21(14)25-22/h1-13,23H. The van der Waals surface area contributed by atoms with Gasteiger partial charge in [-0.25, -0.2) is 9.97 Å². The van der Waals surface area contributed by atoms with Crippen LogP contribution in [-0.2, 0) is 0 Å². The predicted molar refractivity (Wildman–Crippen MR) is 112 cm³/mol. The van der Waals surface area contributed by atoms with Crippen molar-refractivity contribution in [1.82, 2.24) is 18.9 Å². The molecule has 0 aliphatic carbocycles. The van der Waals surface area contributed by atoms with Crippen LogP contribution in [0.3, 0.4) is 0 Å². The third kappa shape index (κ3) is 2.25. The molecule has 6 rings (SSSR count). The Kier molecular flexibility index (Phi) is 3.07. The van der Waals surface area contributed by atoms with Gasteiger partial charge in [-0.1, -0.05) is 48.5 Å². The molecule has 5 heteroatoms. The van der Waals surface area contributed by atoms with E-state index in [1.807, 2.05) is 18.6 Å². The summed E-state index contributed by atoms with van der Waals surface area (Å²) in [5.74, 6) is 0. The lowest BCUT2D eigenvalue weighted by atomic mass is 9.97. The van der Waals surface area contributed by atoms with Gasteiger partial charge in [-0.05, 0) is 21.5 Å². The summed E-state index contributed by atoms with van der Waals surface area (Å²) < 4.78 is 2.11. The van der Waals surface area contributed by atoms with Crippen LogP contribution in [0.1, 0.15) is 0 Å². The Morgan fingerprint density at radius 1 is 0.741 bits per heavy atom. The highest BCUT2D eigenvalue weighted by Crippen LogP contribution is 2.36. The van der Waals surface area contributed by atoms with E-state index in [9.17, 15) is 0 Å². The zero-order valence-electron chi connectivity index (χ0n) is 14.3. The second kappa shape index (κ2) is 5.59. The molecule has 0 amide bonds. The number of fused-ring (bicyclic) bond motifs is 7. The van der Waals surface area contributed by atoms with Crippen molar-refractivity contribution >= 4 is 55.2 Å². The fraction of sp³-hybridized carbons (Fsp3) is 0. The Morgan fingerprint density at radius 2 is 1.33 bits per heavy atom. The zero-order chi connectivity index (χ0) is 17.8. The highest BCUT2D eigenvalue weighted by Gasteiger charge is 2.11. The summed E-state index contributed by atoms with van der Waals surface area (Å²) in [4.78, 5) is 12.2. The number of rotatable bonds is 2. The molecule has 0 fully saturated rings. The van der Waals surface area contributed by atoms with E-state index in [-0.39, 0.29) is 0 Å². The van der Waals surface area contributed by atoms with E-state index in [0.29, 0.717) is 0 Å². The van der Waals surface area contributed by atoms with Crippen LogP contribution in [0, 0.1) is 0 Å². The van der Waals surface area contributed by atoms with Gasteiger partial charge in [0.2, 0.25) is 5.16 Å². The third-order valence-electron chi connectivity index (χ3n) is 5.00. The molecule has 1 N–H and O–H groups in total. The Hall–Kier alpha value is -3.31. The number of hydrogen-bond donors (Lipinski definition) is 1. The van der Waals surface area contributed by atoms with Gasteiger partial charge in [0, 0.05) is 59.1 Å². The van der Waals surface area contributed by atoms with Crippen LogP contribution in [0.2, 0.25) is 0 Å². The summed E-state index contributed by atoms with van der Waals surface area (Å²) in [6, 6.07) is 17.2. The first-order valence-corrected chi connectivity index (χ1v) is 9.53. The molecule has 4 nitrogen and oxygen atoms in total. The van der Waals surface area contributed by atoms with Crippen LogP contribution in [-0.4, -0.2) is 18.9 Å². The summed E-state index contributed by atoms with van der Waals surface area (Å²) in [5.41, 5.74) is 0.931. The normalized spacial score (nSPS) is 11.9. The largest absolute Gasteiger partial charge is 0.365 e.